The third-order valence-corrected chi connectivity index (χ3v) is 4.14. The highest BCUT2D eigenvalue weighted by molar-refractivity contribution is 5.58. The molecule has 0 amide bonds. The van der Waals surface area contributed by atoms with Crippen molar-refractivity contribution < 1.29 is 4.74 Å². The zero-order valence-corrected chi connectivity index (χ0v) is 12.5. The molecule has 0 N–H and O–H groups in total. The van der Waals surface area contributed by atoms with E-state index < -0.39 is 0 Å². The van der Waals surface area contributed by atoms with Crippen molar-refractivity contribution in [3.05, 3.63) is 46.4 Å². The van der Waals surface area contributed by atoms with Crippen LogP contribution < -0.4 is 10.4 Å². The summed E-state index contributed by atoms with van der Waals surface area (Å²) in [7, 11) is 1.76. The first-order valence-corrected chi connectivity index (χ1v) is 7.21. The molecule has 1 nitrogen and oxygen atoms in total. The predicted molar refractivity (Wildman–Crippen MR) is 82.0 cm³/mol. The summed E-state index contributed by atoms with van der Waals surface area (Å²) in [4.78, 5) is 0. The lowest BCUT2D eigenvalue weighted by atomic mass is 9.79. The third-order valence-electron chi connectivity index (χ3n) is 4.14. The number of ether oxygens (including phenoxy) is 1. The van der Waals surface area contributed by atoms with Crippen LogP contribution >= 0.6 is 0 Å². The summed E-state index contributed by atoms with van der Waals surface area (Å²) in [6.07, 6.45) is 5.77. The van der Waals surface area contributed by atoms with Gasteiger partial charge in [-0.05, 0) is 43.4 Å². The van der Waals surface area contributed by atoms with Crippen LogP contribution in [0.25, 0.3) is 11.3 Å². The van der Waals surface area contributed by atoms with Gasteiger partial charge < -0.3 is 4.74 Å². The number of methoxy groups -OCH3 is 1. The molecular weight excluding hydrogens is 232 g/mol. The Labute approximate surface area is 116 Å². The van der Waals surface area contributed by atoms with Crippen molar-refractivity contribution in [1.29, 1.82) is 0 Å². The van der Waals surface area contributed by atoms with Gasteiger partial charge in [0.2, 0.25) is 0 Å². The van der Waals surface area contributed by atoms with Crippen molar-refractivity contribution in [2.75, 3.05) is 7.11 Å². The fourth-order valence-electron chi connectivity index (χ4n) is 2.53. The van der Waals surface area contributed by atoms with Crippen molar-refractivity contribution in [3.63, 3.8) is 0 Å². The van der Waals surface area contributed by atoms with Gasteiger partial charge in [0.25, 0.3) is 0 Å². The minimum Gasteiger partial charge on any atom is -0.496 e. The lowest BCUT2D eigenvalue weighted by Gasteiger charge is -2.26. The molecule has 1 saturated carbocycles. The normalized spacial score (nSPS) is 23.8. The zero-order chi connectivity index (χ0) is 13.8. The number of allylic oxidation sites excluding steroid dienone is 1. The van der Waals surface area contributed by atoms with E-state index in [1.165, 1.54) is 28.9 Å². The topological polar surface area (TPSA) is 9.23 Å². The lowest BCUT2D eigenvalue weighted by Crippen LogP contribution is -2.33. The Morgan fingerprint density at radius 2 is 2.11 bits per heavy atom. The monoisotopic (exact) mass is 256 g/mol. The summed E-state index contributed by atoms with van der Waals surface area (Å²) in [6, 6.07) is 8.62. The first kappa shape index (κ1) is 13.9. The standard InChI is InChI=1S/C18H24O/c1-5-13(2)12-18(19-4)17-9-7-6-8-16(17)15-11-10-14(15)3/h6-9,12,14H,5,10-11H2,1-4H3/b13-12+,16-15+,18-17+. The first-order valence-electron chi connectivity index (χ1n) is 7.21. The number of rotatable bonds is 3. The Morgan fingerprint density at radius 3 is 2.63 bits per heavy atom. The summed E-state index contributed by atoms with van der Waals surface area (Å²) >= 11 is 0. The van der Waals surface area contributed by atoms with Crippen molar-refractivity contribution >= 4 is 11.3 Å². The van der Waals surface area contributed by atoms with E-state index in [1.807, 2.05) is 0 Å². The smallest absolute Gasteiger partial charge is 0.126 e. The van der Waals surface area contributed by atoms with E-state index in [-0.39, 0.29) is 0 Å². The Balaban J connectivity index is 2.71. The molecule has 2 rings (SSSR count). The summed E-state index contributed by atoms with van der Waals surface area (Å²) in [5, 5.41) is 2.61. The predicted octanol–water partition coefficient (Wildman–Crippen LogP) is 3.38. The van der Waals surface area contributed by atoms with Gasteiger partial charge in [-0.3, -0.25) is 0 Å². The minimum absolute atomic E-state index is 0.718. The first-order chi connectivity index (χ1) is 9.17. The fourth-order valence-corrected chi connectivity index (χ4v) is 2.53. The maximum Gasteiger partial charge on any atom is 0.126 e. The van der Waals surface area contributed by atoms with Crippen LogP contribution in [0.2, 0.25) is 0 Å². The number of benzene rings is 1. The summed E-state index contributed by atoms with van der Waals surface area (Å²) < 4.78 is 5.63. The summed E-state index contributed by atoms with van der Waals surface area (Å²) in [6.45, 7) is 6.64. The van der Waals surface area contributed by atoms with Crippen LogP contribution in [0.4, 0.5) is 0 Å². The number of hydrogen-bond donors (Lipinski definition) is 0. The molecule has 19 heavy (non-hydrogen) atoms. The van der Waals surface area contributed by atoms with Crippen molar-refractivity contribution in [2.24, 2.45) is 5.92 Å². The van der Waals surface area contributed by atoms with E-state index in [2.05, 4.69) is 51.1 Å². The highest BCUT2D eigenvalue weighted by Crippen LogP contribution is 2.32. The molecule has 1 aromatic rings. The largest absolute Gasteiger partial charge is 0.496 e. The summed E-state index contributed by atoms with van der Waals surface area (Å²) in [5.41, 5.74) is 2.92. The van der Waals surface area contributed by atoms with Gasteiger partial charge in [0.15, 0.2) is 0 Å². The highest BCUT2D eigenvalue weighted by atomic mass is 16.5. The molecule has 1 atom stereocenters. The lowest BCUT2D eigenvalue weighted by molar-refractivity contribution is 0.369. The Bertz CT molecular complexity index is 592. The SMILES string of the molecule is CC/C(C)=C/C(OC)=c1/cccc/c1=C1/CCC1C. The van der Waals surface area contributed by atoms with E-state index >= 15 is 0 Å². The second-order valence-corrected chi connectivity index (χ2v) is 5.42. The van der Waals surface area contributed by atoms with Crippen molar-refractivity contribution in [3.8, 4) is 0 Å². The Hall–Kier alpha value is -1.50. The molecule has 1 unspecified atom stereocenters. The molecule has 1 aliphatic rings. The highest BCUT2D eigenvalue weighted by Gasteiger charge is 2.19. The van der Waals surface area contributed by atoms with E-state index in [9.17, 15) is 0 Å². The molecule has 1 heteroatoms. The maximum atomic E-state index is 5.63. The fraction of sp³-hybridized carbons (Fsp3) is 0.444. The molecule has 102 valence electrons. The van der Waals surface area contributed by atoms with Crippen molar-refractivity contribution in [1.82, 2.24) is 0 Å². The van der Waals surface area contributed by atoms with Gasteiger partial charge in [0, 0.05) is 5.22 Å². The molecule has 0 saturated heterocycles. The Kier molecular flexibility index (Phi) is 4.47. The van der Waals surface area contributed by atoms with E-state index in [0.29, 0.717) is 0 Å². The van der Waals surface area contributed by atoms with Crippen LogP contribution in [0.3, 0.4) is 0 Å². The van der Waals surface area contributed by atoms with E-state index in [1.54, 1.807) is 12.7 Å². The zero-order valence-electron chi connectivity index (χ0n) is 12.5. The molecule has 1 aromatic carbocycles. The average molecular weight is 256 g/mol. The molecular formula is C18H24O. The molecule has 0 bridgehead atoms. The minimum atomic E-state index is 0.718. The Morgan fingerprint density at radius 1 is 1.37 bits per heavy atom. The van der Waals surface area contributed by atoms with Gasteiger partial charge in [-0.1, -0.05) is 49.3 Å². The van der Waals surface area contributed by atoms with Crippen molar-refractivity contribution in [2.45, 2.75) is 40.0 Å². The van der Waals surface area contributed by atoms with Gasteiger partial charge in [0.05, 0.1) is 7.11 Å². The molecule has 0 heterocycles. The number of hydrogen-bond acceptors (Lipinski definition) is 1. The van der Waals surface area contributed by atoms with Crippen LogP contribution in [0.1, 0.15) is 40.0 Å². The average Bonchev–Trinajstić information content (AvgIpc) is 2.43. The van der Waals surface area contributed by atoms with E-state index in [0.717, 1.165) is 18.1 Å². The van der Waals surface area contributed by atoms with Gasteiger partial charge in [-0.25, -0.2) is 0 Å². The second-order valence-electron chi connectivity index (χ2n) is 5.42. The van der Waals surface area contributed by atoms with Crippen LogP contribution in [0.5, 0.6) is 0 Å². The van der Waals surface area contributed by atoms with Crippen LogP contribution in [0.15, 0.2) is 35.9 Å². The van der Waals surface area contributed by atoms with Gasteiger partial charge in [-0.2, -0.15) is 0 Å². The van der Waals surface area contributed by atoms with E-state index in [4.69, 9.17) is 4.74 Å². The quantitative estimate of drug-likeness (QED) is 0.805. The molecule has 0 radical (unpaired) electrons. The second kappa shape index (κ2) is 6.10. The van der Waals surface area contributed by atoms with Gasteiger partial charge in [0.1, 0.15) is 5.76 Å². The van der Waals surface area contributed by atoms with Crippen LogP contribution in [-0.2, 0) is 4.74 Å². The van der Waals surface area contributed by atoms with Crippen LogP contribution in [-0.4, -0.2) is 7.11 Å². The molecule has 0 spiro atoms. The van der Waals surface area contributed by atoms with Crippen LogP contribution in [0, 0.1) is 5.92 Å². The molecule has 0 aliphatic heterocycles. The molecule has 0 aromatic heterocycles. The van der Waals surface area contributed by atoms with Gasteiger partial charge in [-0.15, -0.1) is 0 Å². The molecule has 1 fully saturated rings. The van der Waals surface area contributed by atoms with Gasteiger partial charge >= 0.3 is 0 Å². The summed E-state index contributed by atoms with van der Waals surface area (Å²) in [5.74, 6) is 1.71. The molecule has 1 aliphatic carbocycles. The maximum absolute atomic E-state index is 5.63. The third kappa shape index (κ3) is 2.91.